The van der Waals surface area contributed by atoms with E-state index in [9.17, 15) is 4.79 Å². The number of ketones is 1. The molecule has 29 heavy (non-hydrogen) atoms. The Balaban J connectivity index is 0.000000313. The highest BCUT2D eigenvalue weighted by molar-refractivity contribution is 7.17. The van der Waals surface area contributed by atoms with Gasteiger partial charge < -0.3 is 19.7 Å². The number of methoxy groups -OCH3 is 2. The molecule has 1 N–H and O–H groups in total. The number of aromatic nitrogens is 1. The Kier molecular flexibility index (Phi) is 9.07. The summed E-state index contributed by atoms with van der Waals surface area (Å²) in [7, 11) is 7.19. The SMILES string of the molecule is CCC1CCCN1C.CNCC(=O)c1sc(-c2ccc(OC)cc2OC)nc1C. The van der Waals surface area contributed by atoms with Crippen LogP contribution in [0.2, 0.25) is 0 Å². The van der Waals surface area contributed by atoms with Crippen molar-refractivity contribution < 1.29 is 14.3 Å². The van der Waals surface area contributed by atoms with Gasteiger partial charge in [0.15, 0.2) is 5.78 Å². The van der Waals surface area contributed by atoms with E-state index in [1.165, 1.54) is 37.1 Å². The highest BCUT2D eigenvalue weighted by Crippen LogP contribution is 2.36. The number of likely N-dealkylation sites (N-methyl/N-ethyl adjacent to an activating group) is 1. The number of Topliss-reactive ketones (excluding diaryl/α,β-unsaturated/α-hetero) is 1. The van der Waals surface area contributed by atoms with E-state index in [0.29, 0.717) is 17.2 Å². The monoisotopic (exact) mass is 419 g/mol. The van der Waals surface area contributed by atoms with Crippen molar-refractivity contribution in [2.45, 2.75) is 39.2 Å². The average molecular weight is 420 g/mol. The molecule has 1 aromatic carbocycles. The van der Waals surface area contributed by atoms with Gasteiger partial charge in [-0.2, -0.15) is 0 Å². The Labute approximate surface area is 178 Å². The molecule has 2 aromatic rings. The number of aryl methyl sites for hydroxylation is 1. The molecule has 1 aromatic heterocycles. The van der Waals surface area contributed by atoms with Gasteiger partial charge in [-0.3, -0.25) is 4.79 Å². The summed E-state index contributed by atoms with van der Waals surface area (Å²) in [4.78, 5) is 19.7. The first-order chi connectivity index (χ1) is 13.9. The van der Waals surface area contributed by atoms with Crippen LogP contribution in [0.1, 0.15) is 41.6 Å². The Morgan fingerprint density at radius 2 is 2.10 bits per heavy atom. The molecule has 0 aliphatic carbocycles. The fourth-order valence-electron chi connectivity index (χ4n) is 3.48. The predicted molar refractivity (Wildman–Crippen MR) is 120 cm³/mol. The predicted octanol–water partition coefficient (Wildman–Crippen LogP) is 4.03. The Hall–Kier alpha value is -1.96. The second-order valence-corrected chi connectivity index (χ2v) is 8.14. The van der Waals surface area contributed by atoms with E-state index in [-0.39, 0.29) is 5.78 Å². The van der Waals surface area contributed by atoms with Crippen LogP contribution in [0.3, 0.4) is 0 Å². The lowest BCUT2D eigenvalue weighted by molar-refractivity contribution is 0.0996. The first-order valence-corrected chi connectivity index (χ1v) is 10.8. The molecule has 1 unspecified atom stereocenters. The standard InChI is InChI=1S/C15H18N2O3S.C7H15N/c1-9-14(12(18)8-16-2)21-15(17-9)11-6-5-10(19-3)7-13(11)20-4;1-3-7-5-4-6-8(7)2/h5-7,16H,8H2,1-4H3;7H,3-6H2,1-2H3. The molecular formula is C22H33N3O3S. The lowest BCUT2D eigenvalue weighted by Gasteiger charge is -2.16. The third-order valence-electron chi connectivity index (χ3n) is 5.17. The van der Waals surface area contributed by atoms with Gasteiger partial charge in [0.25, 0.3) is 0 Å². The zero-order chi connectivity index (χ0) is 21.4. The second-order valence-electron chi connectivity index (χ2n) is 7.14. The molecule has 7 heteroatoms. The third-order valence-corrected chi connectivity index (χ3v) is 6.40. The molecule has 1 fully saturated rings. The van der Waals surface area contributed by atoms with Crippen LogP contribution in [0.4, 0.5) is 0 Å². The number of ether oxygens (including phenoxy) is 2. The molecule has 0 spiro atoms. The van der Waals surface area contributed by atoms with E-state index in [0.717, 1.165) is 28.1 Å². The molecule has 1 saturated heterocycles. The minimum Gasteiger partial charge on any atom is -0.497 e. The summed E-state index contributed by atoms with van der Waals surface area (Å²) in [5.74, 6) is 1.44. The quantitative estimate of drug-likeness (QED) is 0.684. The van der Waals surface area contributed by atoms with Crippen molar-refractivity contribution in [3.8, 4) is 22.1 Å². The maximum atomic E-state index is 12.0. The van der Waals surface area contributed by atoms with Gasteiger partial charge in [0.05, 0.1) is 36.9 Å². The van der Waals surface area contributed by atoms with Crippen LogP contribution in [0.15, 0.2) is 18.2 Å². The molecule has 1 aliphatic rings. The van der Waals surface area contributed by atoms with E-state index in [1.54, 1.807) is 27.3 Å². The van der Waals surface area contributed by atoms with E-state index in [2.05, 4.69) is 29.2 Å². The minimum atomic E-state index is 0.0474. The van der Waals surface area contributed by atoms with Crippen molar-refractivity contribution >= 4 is 17.1 Å². The van der Waals surface area contributed by atoms with Gasteiger partial charge in [0, 0.05) is 12.1 Å². The van der Waals surface area contributed by atoms with Crippen LogP contribution in [-0.4, -0.2) is 63.1 Å². The normalized spacial score (nSPS) is 16.3. The van der Waals surface area contributed by atoms with E-state index >= 15 is 0 Å². The number of carbonyl (C=O) groups is 1. The van der Waals surface area contributed by atoms with Gasteiger partial charge >= 0.3 is 0 Å². The number of hydrogen-bond donors (Lipinski definition) is 1. The van der Waals surface area contributed by atoms with Crippen LogP contribution in [-0.2, 0) is 0 Å². The van der Waals surface area contributed by atoms with Crippen LogP contribution in [0.5, 0.6) is 11.5 Å². The molecule has 6 nitrogen and oxygen atoms in total. The number of carbonyl (C=O) groups excluding carboxylic acids is 1. The summed E-state index contributed by atoms with van der Waals surface area (Å²) in [6.45, 7) is 5.74. The summed E-state index contributed by atoms with van der Waals surface area (Å²) in [5.41, 5.74) is 1.60. The molecule has 2 heterocycles. The first-order valence-electron chi connectivity index (χ1n) is 10.0. The van der Waals surface area contributed by atoms with E-state index in [1.807, 2.05) is 19.1 Å². The summed E-state index contributed by atoms with van der Waals surface area (Å²) in [6.07, 6.45) is 4.17. The number of thiazole rings is 1. The van der Waals surface area contributed by atoms with Crippen molar-refractivity contribution in [1.82, 2.24) is 15.2 Å². The summed E-state index contributed by atoms with van der Waals surface area (Å²) < 4.78 is 10.6. The van der Waals surface area contributed by atoms with Crippen molar-refractivity contribution in [1.29, 1.82) is 0 Å². The van der Waals surface area contributed by atoms with Crippen molar-refractivity contribution in [2.24, 2.45) is 0 Å². The summed E-state index contributed by atoms with van der Waals surface area (Å²) in [6, 6.07) is 6.45. The smallest absolute Gasteiger partial charge is 0.188 e. The van der Waals surface area contributed by atoms with Crippen molar-refractivity contribution in [3.63, 3.8) is 0 Å². The number of nitrogens with one attached hydrogen (secondary N) is 1. The number of likely N-dealkylation sites (tertiary alicyclic amines) is 1. The molecule has 0 amide bonds. The van der Waals surface area contributed by atoms with Gasteiger partial charge in [-0.25, -0.2) is 4.98 Å². The second kappa shape index (κ2) is 11.3. The van der Waals surface area contributed by atoms with E-state index < -0.39 is 0 Å². The minimum absolute atomic E-state index is 0.0474. The number of nitrogens with zero attached hydrogens (tertiary/aromatic N) is 2. The van der Waals surface area contributed by atoms with E-state index in [4.69, 9.17) is 9.47 Å². The molecule has 160 valence electrons. The average Bonchev–Trinajstić information content (AvgIpc) is 3.33. The van der Waals surface area contributed by atoms with Gasteiger partial charge in [0.2, 0.25) is 0 Å². The van der Waals surface area contributed by atoms with Gasteiger partial charge in [-0.1, -0.05) is 6.92 Å². The van der Waals surface area contributed by atoms with Crippen LogP contribution < -0.4 is 14.8 Å². The van der Waals surface area contributed by atoms with Gasteiger partial charge in [-0.15, -0.1) is 11.3 Å². The van der Waals surface area contributed by atoms with Crippen LogP contribution in [0.25, 0.3) is 10.6 Å². The Morgan fingerprint density at radius 3 is 2.62 bits per heavy atom. The molecule has 0 bridgehead atoms. The molecule has 1 aliphatic heterocycles. The Morgan fingerprint density at radius 1 is 1.34 bits per heavy atom. The molecule has 0 radical (unpaired) electrons. The first kappa shape index (κ1) is 23.3. The topological polar surface area (TPSA) is 63.7 Å². The maximum Gasteiger partial charge on any atom is 0.188 e. The molecular weight excluding hydrogens is 386 g/mol. The lowest BCUT2D eigenvalue weighted by atomic mass is 10.2. The van der Waals surface area contributed by atoms with Gasteiger partial charge in [-0.05, 0) is 59.0 Å². The summed E-state index contributed by atoms with van der Waals surface area (Å²) >= 11 is 1.38. The molecule has 1 atom stereocenters. The zero-order valence-electron chi connectivity index (χ0n) is 18.4. The zero-order valence-corrected chi connectivity index (χ0v) is 19.2. The van der Waals surface area contributed by atoms with Crippen molar-refractivity contribution in [3.05, 3.63) is 28.8 Å². The largest absolute Gasteiger partial charge is 0.497 e. The Bertz CT molecular complexity index is 807. The maximum absolute atomic E-state index is 12.0. The number of benzene rings is 1. The number of hydrogen-bond acceptors (Lipinski definition) is 7. The fraction of sp³-hybridized carbons (Fsp3) is 0.545. The van der Waals surface area contributed by atoms with Gasteiger partial charge in [0.1, 0.15) is 16.5 Å². The van der Waals surface area contributed by atoms with Crippen LogP contribution >= 0.6 is 11.3 Å². The van der Waals surface area contributed by atoms with Crippen LogP contribution in [0, 0.1) is 6.92 Å². The van der Waals surface area contributed by atoms with Crippen molar-refractivity contribution in [2.75, 3.05) is 41.4 Å². The highest BCUT2D eigenvalue weighted by Gasteiger charge is 2.18. The number of rotatable bonds is 7. The third kappa shape index (κ3) is 6.01. The summed E-state index contributed by atoms with van der Waals surface area (Å²) in [5, 5.41) is 3.64. The highest BCUT2D eigenvalue weighted by atomic mass is 32.1. The molecule has 0 saturated carbocycles. The fourth-order valence-corrected chi connectivity index (χ4v) is 4.52. The lowest BCUT2D eigenvalue weighted by Crippen LogP contribution is -2.23. The molecule has 3 rings (SSSR count).